The van der Waals surface area contributed by atoms with E-state index < -0.39 is 14.0 Å². The van der Waals surface area contributed by atoms with Crippen molar-refractivity contribution >= 4 is 30.8 Å². The zero-order valence-corrected chi connectivity index (χ0v) is 24.5. The van der Waals surface area contributed by atoms with Gasteiger partial charge in [0.2, 0.25) is 17.7 Å². The summed E-state index contributed by atoms with van der Waals surface area (Å²) in [5, 5.41) is 7.15. The van der Waals surface area contributed by atoms with Gasteiger partial charge in [0, 0.05) is 12.6 Å². The molecule has 3 heterocycles. The molecule has 208 valence electrons. The molecule has 0 unspecified atom stereocenters. The largest absolute Gasteiger partial charge is 0.479 e. The van der Waals surface area contributed by atoms with Gasteiger partial charge in [0.1, 0.15) is 5.75 Å². The van der Waals surface area contributed by atoms with E-state index in [0.717, 1.165) is 5.56 Å². The monoisotopic (exact) mass is 552 g/mol. The number of rotatable bonds is 10. The minimum atomic E-state index is -1.52. The lowest BCUT2D eigenvalue weighted by Crippen LogP contribution is -2.42. The zero-order chi connectivity index (χ0) is 28.2. The summed E-state index contributed by atoms with van der Waals surface area (Å²) in [4.78, 5) is 26.2. The van der Waals surface area contributed by atoms with Crippen LogP contribution in [0.15, 0.2) is 47.0 Å². The van der Waals surface area contributed by atoms with E-state index in [0.29, 0.717) is 31.6 Å². The summed E-state index contributed by atoms with van der Waals surface area (Å²) in [5.74, 6) is 1.20. The number of carbonyl (C=O) groups is 1. The van der Waals surface area contributed by atoms with E-state index in [9.17, 15) is 4.79 Å². The van der Waals surface area contributed by atoms with Gasteiger partial charge in [0.15, 0.2) is 11.4 Å². The third-order valence-corrected chi connectivity index (χ3v) is 8.21. The van der Waals surface area contributed by atoms with Crippen molar-refractivity contribution in [1.82, 2.24) is 20.2 Å². The highest BCUT2D eigenvalue weighted by Crippen LogP contribution is 2.35. The maximum absolute atomic E-state index is 13.1. The van der Waals surface area contributed by atoms with Crippen LogP contribution in [0.1, 0.15) is 16.1 Å². The second kappa shape index (κ2) is 11.8. The van der Waals surface area contributed by atoms with Gasteiger partial charge in [0.05, 0.1) is 35.6 Å². The van der Waals surface area contributed by atoms with Crippen LogP contribution < -0.4 is 34.9 Å². The first-order valence-corrected chi connectivity index (χ1v) is 16.1. The minimum absolute atomic E-state index is 0.0565. The van der Waals surface area contributed by atoms with Crippen molar-refractivity contribution in [3.8, 4) is 23.5 Å². The van der Waals surface area contributed by atoms with Crippen molar-refractivity contribution in [3.63, 3.8) is 0 Å². The molecule has 12 heteroatoms. The van der Waals surface area contributed by atoms with Crippen LogP contribution >= 0.6 is 0 Å². The van der Waals surface area contributed by atoms with Crippen LogP contribution in [0, 0.1) is 6.92 Å². The van der Waals surface area contributed by atoms with Crippen molar-refractivity contribution in [2.24, 2.45) is 0 Å². The molecule has 3 aromatic rings. The number of hydrogen-bond acceptors (Lipinski definition) is 10. The van der Waals surface area contributed by atoms with Crippen LogP contribution in [0.25, 0.3) is 0 Å². The Morgan fingerprint density at radius 3 is 2.46 bits per heavy atom. The number of amides is 1. The summed E-state index contributed by atoms with van der Waals surface area (Å²) >= 11 is 0. The molecule has 0 atom stereocenters. The van der Waals surface area contributed by atoms with Crippen molar-refractivity contribution < 1.29 is 23.4 Å². The SMILES string of the molecule is CNCN1C=CCN(c2nc(OC)c(NC(=O)c3ccc(Oc4cc([Si](C)(C)C)ccc4C)o3)c(OC)n2)C1. The van der Waals surface area contributed by atoms with E-state index in [4.69, 9.17) is 18.6 Å². The highest BCUT2D eigenvalue weighted by atomic mass is 28.3. The van der Waals surface area contributed by atoms with E-state index in [2.05, 4.69) is 57.3 Å². The molecule has 1 aliphatic rings. The molecule has 0 bridgehead atoms. The third kappa shape index (κ3) is 6.52. The Labute approximate surface area is 229 Å². The fourth-order valence-corrected chi connectivity index (χ4v) is 5.16. The first-order chi connectivity index (χ1) is 18.6. The van der Waals surface area contributed by atoms with Gasteiger partial charge in [-0.25, -0.2) is 0 Å². The Hall–Kier alpha value is -4.03. The van der Waals surface area contributed by atoms with Crippen LogP contribution in [0.2, 0.25) is 19.6 Å². The Kier molecular flexibility index (Phi) is 8.46. The zero-order valence-electron chi connectivity index (χ0n) is 23.5. The van der Waals surface area contributed by atoms with Gasteiger partial charge in [-0.2, -0.15) is 9.97 Å². The van der Waals surface area contributed by atoms with Gasteiger partial charge >= 0.3 is 0 Å². The topological polar surface area (TPSA) is 114 Å². The second-order valence-electron chi connectivity index (χ2n) is 10.2. The van der Waals surface area contributed by atoms with Gasteiger partial charge in [-0.05, 0) is 43.9 Å². The number of nitrogens with zero attached hydrogens (tertiary/aromatic N) is 4. The summed E-state index contributed by atoms with van der Waals surface area (Å²) in [5.41, 5.74) is 1.18. The number of aryl methyl sites for hydroxylation is 1. The molecule has 0 spiro atoms. The van der Waals surface area contributed by atoms with E-state index in [1.807, 2.05) is 37.2 Å². The predicted molar refractivity (Wildman–Crippen MR) is 153 cm³/mol. The molecule has 0 aliphatic carbocycles. The highest BCUT2D eigenvalue weighted by Gasteiger charge is 2.25. The summed E-state index contributed by atoms with van der Waals surface area (Å²) < 4.78 is 22.7. The number of hydrogen-bond donors (Lipinski definition) is 2. The quantitative estimate of drug-likeness (QED) is 0.360. The van der Waals surface area contributed by atoms with Crippen molar-refractivity contribution in [3.05, 3.63) is 53.9 Å². The number of nitrogens with one attached hydrogen (secondary N) is 2. The van der Waals surface area contributed by atoms with Crippen LogP contribution in [0.3, 0.4) is 0 Å². The molecule has 0 saturated heterocycles. The maximum atomic E-state index is 13.1. The lowest BCUT2D eigenvalue weighted by atomic mass is 10.2. The van der Waals surface area contributed by atoms with Crippen LogP contribution in [0.4, 0.5) is 11.6 Å². The number of furan rings is 1. The molecule has 1 aliphatic heterocycles. The average molecular weight is 553 g/mol. The number of aromatic nitrogens is 2. The van der Waals surface area contributed by atoms with Gasteiger partial charge in [-0.15, -0.1) is 0 Å². The fourth-order valence-electron chi connectivity index (χ4n) is 4.01. The van der Waals surface area contributed by atoms with Crippen LogP contribution in [0.5, 0.6) is 23.5 Å². The van der Waals surface area contributed by atoms with Gasteiger partial charge in [-0.1, -0.05) is 37.0 Å². The van der Waals surface area contributed by atoms with Gasteiger partial charge < -0.3 is 39.1 Å². The number of anilines is 2. The predicted octanol–water partition coefficient (Wildman–Crippen LogP) is 3.76. The number of benzene rings is 1. The normalized spacial score (nSPS) is 13.4. The van der Waals surface area contributed by atoms with Crippen molar-refractivity contribution in [2.75, 3.05) is 51.4 Å². The van der Waals surface area contributed by atoms with E-state index in [-0.39, 0.29) is 29.2 Å². The first kappa shape index (κ1) is 28.0. The Bertz CT molecular complexity index is 1330. The van der Waals surface area contributed by atoms with Gasteiger partial charge in [-0.3, -0.25) is 4.79 Å². The lowest BCUT2D eigenvalue weighted by Gasteiger charge is -2.32. The maximum Gasteiger partial charge on any atom is 0.291 e. The van der Waals surface area contributed by atoms with E-state index in [1.54, 1.807) is 12.1 Å². The third-order valence-electron chi connectivity index (χ3n) is 6.16. The molecule has 0 radical (unpaired) electrons. The standard InChI is InChI=1S/C27H36N6O5Si/c1-18-9-10-19(39(5,6)7)15-21(18)38-22-12-11-20(37-22)24(34)29-23-25(35-3)30-27(31-26(23)36-4)33-14-8-13-32(17-33)16-28-2/h8-13,15,28H,14,16-17H2,1-7H3,(H,29,34). The molecule has 1 amide bonds. The first-order valence-electron chi connectivity index (χ1n) is 12.6. The molecule has 2 aromatic heterocycles. The number of ether oxygens (including phenoxy) is 3. The fraction of sp³-hybridized carbons (Fsp3) is 0.370. The Morgan fingerprint density at radius 1 is 1.10 bits per heavy atom. The summed E-state index contributed by atoms with van der Waals surface area (Å²) in [6.45, 7) is 10.7. The van der Waals surface area contributed by atoms with Crippen molar-refractivity contribution in [2.45, 2.75) is 26.6 Å². The molecule has 0 fully saturated rings. The highest BCUT2D eigenvalue weighted by molar-refractivity contribution is 6.88. The Balaban J connectivity index is 1.53. The van der Waals surface area contributed by atoms with Crippen LogP contribution in [-0.2, 0) is 0 Å². The van der Waals surface area contributed by atoms with Crippen LogP contribution in [-0.4, -0.2) is 70.0 Å². The summed E-state index contributed by atoms with van der Waals surface area (Å²) in [6.07, 6.45) is 4.03. The molecule has 0 saturated carbocycles. The lowest BCUT2D eigenvalue weighted by molar-refractivity contribution is 0.0990. The molecular formula is C27H36N6O5Si. The van der Waals surface area contributed by atoms with Crippen molar-refractivity contribution in [1.29, 1.82) is 0 Å². The summed E-state index contributed by atoms with van der Waals surface area (Å²) in [6, 6.07) is 9.40. The second-order valence-corrected chi connectivity index (χ2v) is 15.2. The number of carbonyl (C=O) groups excluding carboxylic acids is 1. The molecule has 4 rings (SSSR count). The van der Waals surface area contributed by atoms with E-state index in [1.165, 1.54) is 19.4 Å². The molecule has 11 nitrogen and oxygen atoms in total. The average Bonchev–Trinajstić information content (AvgIpc) is 3.38. The van der Waals surface area contributed by atoms with E-state index >= 15 is 0 Å². The smallest absolute Gasteiger partial charge is 0.291 e. The molecule has 1 aromatic carbocycles. The molecule has 2 N–H and O–H groups in total. The number of methoxy groups -OCH3 is 2. The minimum Gasteiger partial charge on any atom is -0.479 e. The molecule has 39 heavy (non-hydrogen) atoms. The summed E-state index contributed by atoms with van der Waals surface area (Å²) in [7, 11) is 3.30. The Morgan fingerprint density at radius 2 is 1.82 bits per heavy atom. The molecular weight excluding hydrogens is 516 g/mol. The van der Waals surface area contributed by atoms with Gasteiger partial charge in [0.25, 0.3) is 11.9 Å².